The molecule has 1 heterocycles. The molecule has 31 heavy (non-hydrogen) atoms. The van der Waals surface area contributed by atoms with Gasteiger partial charge < -0.3 is 10.1 Å². The Labute approximate surface area is 183 Å². The predicted molar refractivity (Wildman–Crippen MR) is 118 cm³/mol. The number of sulfonamides is 1. The topological polar surface area (TPSA) is 92.8 Å². The number of para-hydroxylation sites is 1. The van der Waals surface area contributed by atoms with E-state index in [1.807, 2.05) is 32.0 Å². The van der Waals surface area contributed by atoms with E-state index in [0.717, 1.165) is 36.8 Å². The van der Waals surface area contributed by atoms with Gasteiger partial charge in [-0.25, -0.2) is 13.2 Å². The summed E-state index contributed by atoms with van der Waals surface area (Å²) in [5.74, 6) is -1.12. The monoisotopic (exact) mass is 444 g/mol. The molecule has 3 rings (SSSR count). The summed E-state index contributed by atoms with van der Waals surface area (Å²) in [7, 11) is -3.58. The van der Waals surface area contributed by atoms with E-state index in [-0.39, 0.29) is 10.5 Å². The Hall–Kier alpha value is -2.71. The molecule has 0 radical (unpaired) electrons. The average Bonchev–Trinajstić information content (AvgIpc) is 3.05. The van der Waals surface area contributed by atoms with E-state index in [1.165, 1.54) is 28.6 Å². The van der Waals surface area contributed by atoms with E-state index in [9.17, 15) is 18.0 Å². The highest BCUT2D eigenvalue weighted by atomic mass is 32.2. The van der Waals surface area contributed by atoms with Crippen molar-refractivity contribution in [2.75, 3.05) is 25.0 Å². The van der Waals surface area contributed by atoms with Crippen LogP contribution < -0.4 is 5.32 Å². The van der Waals surface area contributed by atoms with Gasteiger partial charge in [-0.1, -0.05) is 31.0 Å². The van der Waals surface area contributed by atoms with Gasteiger partial charge in [0.15, 0.2) is 6.61 Å². The van der Waals surface area contributed by atoms with Crippen molar-refractivity contribution >= 4 is 27.6 Å². The van der Waals surface area contributed by atoms with Crippen LogP contribution in [0.4, 0.5) is 5.69 Å². The Balaban J connectivity index is 1.59. The molecule has 0 atom stereocenters. The number of ether oxygens (including phenoxy) is 1. The first-order chi connectivity index (χ1) is 14.8. The second-order valence-electron chi connectivity index (χ2n) is 7.73. The number of hydrogen-bond donors (Lipinski definition) is 1. The summed E-state index contributed by atoms with van der Waals surface area (Å²) in [6.07, 6.45) is 3.78. The van der Waals surface area contributed by atoms with Crippen molar-refractivity contribution in [1.29, 1.82) is 0 Å². The number of aryl methyl sites for hydroxylation is 2. The SMILES string of the molecule is Cc1cccc(C)c1NC(=O)COC(=O)c1ccc(S(=O)(=O)N2CCCCCC2)cc1. The molecule has 1 aliphatic rings. The largest absolute Gasteiger partial charge is 0.452 e. The van der Waals surface area contributed by atoms with E-state index in [2.05, 4.69) is 5.32 Å². The molecule has 0 unspecified atom stereocenters. The van der Waals surface area contributed by atoms with Crippen molar-refractivity contribution in [3.8, 4) is 0 Å². The molecule has 1 fully saturated rings. The van der Waals surface area contributed by atoms with Gasteiger partial charge in [0.2, 0.25) is 10.0 Å². The van der Waals surface area contributed by atoms with E-state index >= 15 is 0 Å². The number of carbonyl (C=O) groups excluding carboxylic acids is 2. The molecule has 0 saturated carbocycles. The Morgan fingerprint density at radius 2 is 1.52 bits per heavy atom. The van der Waals surface area contributed by atoms with E-state index in [0.29, 0.717) is 18.8 Å². The van der Waals surface area contributed by atoms with Gasteiger partial charge >= 0.3 is 5.97 Å². The van der Waals surface area contributed by atoms with Gasteiger partial charge in [-0.15, -0.1) is 0 Å². The van der Waals surface area contributed by atoms with Crippen LogP contribution in [0, 0.1) is 13.8 Å². The summed E-state index contributed by atoms with van der Waals surface area (Å²) in [4.78, 5) is 24.6. The molecule has 1 aliphatic heterocycles. The number of anilines is 1. The zero-order valence-electron chi connectivity index (χ0n) is 17.9. The van der Waals surface area contributed by atoms with Crippen molar-refractivity contribution < 1.29 is 22.7 Å². The van der Waals surface area contributed by atoms with Crippen LogP contribution in [0.15, 0.2) is 47.4 Å². The van der Waals surface area contributed by atoms with Crippen molar-refractivity contribution in [2.45, 2.75) is 44.4 Å². The lowest BCUT2D eigenvalue weighted by Crippen LogP contribution is -2.31. The number of carbonyl (C=O) groups is 2. The van der Waals surface area contributed by atoms with Gasteiger partial charge in [-0.2, -0.15) is 4.31 Å². The van der Waals surface area contributed by atoms with Crippen molar-refractivity contribution in [2.24, 2.45) is 0 Å². The fourth-order valence-electron chi connectivity index (χ4n) is 3.60. The minimum absolute atomic E-state index is 0.152. The molecule has 0 aliphatic carbocycles. The first kappa shape index (κ1) is 23.0. The molecule has 0 bridgehead atoms. The van der Waals surface area contributed by atoms with E-state index < -0.39 is 28.5 Å². The molecular formula is C23H28N2O5S. The molecule has 8 heteroatoms. The smallest absolute Gasteiger partial charge is 0.338 e. The first-order valence-electron chi connectivity index (χ1n) is 10.4. The lowest BCUT2D eigenvalue weighted by Gasteiger charge is -2.20. The highest BCUT2D eigenvalue weighted by Gasteiger charge is 2.25. The molecule has 166 valence electrons. The van der Waals surface area contributed by atoms with Gasteiger partial charge in [0.05, 0.1) is 10.5 Å². The number of nitrogens with one attached hydrogen (secondary N) is 1. The van der Waals surface area contributed by atoms with Crippen LogP contribution >= 0.6 is 0 Å². The standard InChI is InChI=1S/C23H28N2O5S/c1-17-8-7-9-18(2)22(17)24-21(26)16-30-23(27)19-10-12-20(13-11-19)31(28,29)25-14-5-3-4-6-15-25/h7-13H,3-6,14-16H2,1-2H3,(H,24,26). The molecule has 1 amide bonds. The maximum absolute atomic E-state index is 12.8. The summed E-state index contributed by atoms with van der Waals surface area (Å²) in [6.45, 7) is 4.37. The maximum atomic E-state index is 12.8. The predicted octanol–water partition coefficient (Wildman–Crippen LogP) is 3.66. The third kappa shape index (κ3) is 5.71. The second kappa shape index (κ2) is 10.1. The fraction of sp³-hybridized carbons (Fsp3) is 0.391. The zero-order chi connectivity index (χ0) is 22.4. The molecule has 0 aromatic heterocycles. The molecule has 1 saturated heterocycles. The summed E-state index contributed by atoms with van der Waals surface area (Å²) in [5.41, 5.74) is 2.73. The highest BCUT2D eigenvalue weighted by Crippen LogP contribution is 2.21. The summed E-state index contributed by atoms with van der Waals surface area (Å²) in [6, 6.07) is 11.3. The highest BCUT2D eigenvalue weighted by molar-refractivity contribution is 7.89. The zero-order valence-corrected chi connectivity index (χ0v) is 18.7. The Bertz CT molecular complexity index is 1020. The molecule has 2 aromatic carbocycles. The normalized spacial score (nSPS) is 15.2. The molecule has 1 N–H and O–H groups in total. The Morgan fingerprint density at radius 3 is 2.10 bits per heavy atom. The lowest BCUT2D eigenvalue weighted by molar-refractivity contribution is -0.119. The second-order valence-corrected chi connectivity index (χ2v) is 9.67. The van der Waals surface area contributed by atoms with Gasteiger partial charge in [-0.05, 0) is 62.1 Å². The van der Waals surface area contributed by atoms with Crippen LogP contribution in [0.1, 0.15) is 47.2 Å². The van der Waals surface area contributed by atoms with Crippen LogP contribution in [0.2, 0.25) is 0 Å². The third-order valence-electron chi connectivity index (χ3n) is 5.37. The molecule has 2 aromatic rings. The average molecular weight is 445 g/mol. The van der Waals surface area contributed by atoms with Crippen molar-refractivity contribution in [1.82, 2.24) is 4.31 Å². The van der Waals surface area contributed by atoms with Gasteiger partial charge in [-0.3, -0.25) is 4.79 Å². The summed E-state index contributed by atoms with van der Waals surface area (Å²) >= 11 is 0. The van der Waals surface area contributed by atoms with Gasteiger partial charge in [0.1, 0.15) is 0 Å². The Kier molecular flexibility index (Phi) is 7.46. The third-order valence-corrected chi connectivity index (χ3v) is 7.29. The lowest BCUT2D eigenvalue weighted by atomic mass is 10.1. The molecular weight excluding hydrogens is 416 g/mol. The number of rotatable bonds is 6. The van der Waals surface area contributed by atoms with Crippen LogP contribution in [-0.4, -0.2) is 44.3 Å². The number of hydrogen-bond acceptors (Lipinski definition) is 5. The van der Waals surface area contributed by atoms with E-state index in [4.69, 9.17) is 4.74 Å². The Morgan fingerprint density at radius 1 is 0.935 bits per heavy atom. The van der Waals surface area contributed by atoms with Crippen LogP contribution in [0.5, 0.6) is 0 Å². The minimum Gasteiger partial charge on any atom is -0.452 e. The van der Waals surface area contributed by atoms with E-state index in [1.54, 1.807) is 0 Å². The van der Waals surface area contributed by atoms with Crippen LogP contribution in [0.25, 0.3) is 0 Å². The van der Waals surface area contributed by atoms with Crippen molar-refractivity contribution in [3.63, 3.8) is 0 Å². The maximum Gasteiger partial charge on any atom is 0.338 e. The van der Waals surface area contributed by atoms with Crippen LogP contribution in [-0.2, 0) is 19.6 Å². The number of nitrogens with zero attached hydrogens (tertiary/aromatic N) is 1. The molecule has 7 nitrogen and oxygen atoms in total. The quantitative estimate of drug-likeness (QED) is 0.687. The number of benzene rings is 2. The summed E-state index contributed by atoms with van der Waals surface area (Å²) < 4.78 is 32.2. The first-order valence-corrected chi connectivity index (χ1v) is 11.9. The van der Waals surface area contributed by atoms with Crippen LogP contribution in [0.3, 0.4) is 0 Å². The minimum atomic E-state index is -3.58. The molecule has 0 spiro atoms. The van der Waals surface area contributed by atoms with Crippen molar-refractivity contribution in [3.05, 3.63) is 59.2 Å². The van der Waals surface area contributed by atoms with Gasteiger partial charge in [0, 0.05) is 18.8 Å². The summed E-state index contributed by atoms with van der Waals surface area (Å²) in [5, 5.41) is 2.75. The number of esters is 1. The van der Waals surface area contributed by atoms with Gasteiger partial charge in [0.25, 0.3) is 5.91 Å². The fourth-order valence-corrected chi connectivity index (χ4v) is 5.11. The number of amides is 1.